The van der Waals surface area contributed by atoms with Crippen molar-refractivity contribution in [2.75, 3.05) is 13.2 Å². The molecule has 0 aliphatic carbocycles. The maximum Gasteiger partial charge on any atom is 0.331 e. The Kier molecular flexibility index (Phi) is 6.16. The fourth-order valence-corrected chi connectivity index (χ4v) is 2.49. The van der Waals surface area contributed by atoms with E-state index in [4.69, 9.17) is 21.1 Å². The molecule has 0 N–H and O–H groups in total. The molecule has 26 heavy (non-hydrogen) atoms. The minimum atomic E-state index is -0.636. The average molecular weight is 373 g/mol. The number of hydrogen-bond acceptors (Lipinski definition) is 6. The lowest BCUT2D eigenvalue weighted by Gasteiger charge is -2.15. The van der Waals surface area contributed by atoms with E-state index in [1.807, 2.05) is 30.3 Å². The number of carbonyl (C=O) groups is 1. The molecule has 0 spiro atoms. The zero-order valence-electron chi connectivity index (χ0n) is 13.9. The molecule has 7 nitrogen and oxygen atoms in total. The van der Waals surface area contributed by atoms with E-state index in [-0.39, 0.29) is 13.2 Å². The largest absolute Gasteiger partial charge is 0.490 e. The zero-order valence-corrected chi connectivity index (χ0v) is 14.6. The van der Waals surface area contributed by atoms with Crippen molar-refractivity contribution < 1.29 is 14.3 Å². The standard InChI is InChI=1S/C18H17ClN4O3/c19-15-6-8-16(9-7-15)25-10-11-26-18(24)17(23-13-20-21-22-23)12-14-4-2-1-3-5-14/h1-9,13,17H,10-12H2/t17-/m0/s1. The fourth-order valence-electron chi connectivity index (χ4n) is 2.36. The van der Waals surface area contributed by atoms with Crippen molar-refractivity contribution in [3.63, 3.8) is 0 Å². The van der Waals surface area contributed by atoms with Crippen LogP contribution in [0.4, 0.5) is 0 Å². The predicted octanol–water partition coefficient (Wildman–Crippen LogP) is 2.73. The molecule has 0 amide bonds. The third-order valence-electron chi connectivity index (χ3n) is 3.64. The van der Waals surface area contributed by atoms with Gasteiger partial charge in [0.1, 0.15) is 25.3 Å². The minimum absolute atomic E-state index is 0.120. The van der Waals surface area contributed by atoms with E-state index in [9.17, 15) is 4.79 Å². The number of hydrogen-bond donors (Lipinski definition) is 0. The van der Waals surface area contributed by atoms with Gasteiger partial charge >= 0.3 is 5.97 Å². The van der Waals surface area contributed by atoms with E-state index in [1.54, 1.807) is 24.3 Å². The maximum atomic E-state index is 12.5. The molecule has 1 heterocycles. The van der Waals surface area contributed by atoms with Gasteiger partial charge in [0.25, 0.3) is 0 Å². The molecule has 1 aromatic heterocycles. The van der Waals surface area contributed by atoms with Gasteiger partial charge in [-0.3, -0.25) is 0 Å². The molecular weight excluding hydrogens is 356 g/mol. The highest BCUT2D eigenvalue weighted by Gasteiger charge is 2.23. The number of esters is 1. The van der Waals surface area contributed by atoms with Gasteiger partial charge in [0.05, 0.1) is 0 Å². The predicted molar refractivity (Wildman–Crippen MR) is 94.9 cm³/mol. The first-order valence-electron chi connectivity index (χ1n) is 8.04. The number of benzene rings is 2. The van der Waals surface area contributed by atoms with Crippen LogP contribution in [0.5, 0.6) is 5.75 Å². The quantitative estimate of drug-likeness (QED) is 0.447. The van der Waals surface area contributed by atoms with Gasteiger partial charge in [-0.15, -0.1) is 5.10 Å². The summed E-state index contributed by atoms with van der Waals surface area (Å²) in [6, 6.07) is 16.0. The van der Waals surface area contributed by atoms with Gasteiger partial charge in [-0.2, -0.15) is 0 Å². The van der Waals surface area contributed by atoms with Crippen LogP contribution in [0.1, 0.15) is 11.6 Å². The highest BCUT2D eigenvalue weighted by Crippen LogP contribution is 2.16. The SMILES string of the molecule is O=C(OCCOc1ccc(Cl)cc1)[C@H](Cc1ccccc1)n1cnnn1. The second-order valence-corrected chi connectivity index (χ2v) is 5.90. The van der Waals surface area contributed by atoms with Crippen molar-refractivity contribution in [1.82, 2.24) is 20.2 Å². The molecule has 0 saturated heterocycles. The molecule has 0 aliphatic heterocycles. The summed E-state index contributed by atoms with van der Waals surface area (Å²) >= 11 is 5.82. The second-order valence-electron chi connectivity index (χ2n) is 5.47. The van der Waals surface area contributed by atoms with Crippen LogP contribution in [0.2, 0.25) is 5.02 Å². The summed E-state index contributed by atoms with van der Waals surface area (Å²) in [5.74, 6) is 0.243. The van der Waals surface area contributed by atoms with Crippen molar-refractivity contribution in [1.29, 1.82) is 0 Å². The summed E-state index contributed by atoms with van der Waals surface area (Å²) in [5.41, 5.74) is 0.988. The Balaban J connectivity index is 1.54. The van der Waals surface area contributed by atoms with E-state index in [2.05, 4.69) is 15.5 Å². The van der Waals surface area contributed by atoms with Gasteiger partial charge < -0.3 is 9.47 Å². The van der Waals surface area contributed by atoms with Crippen LogP contribution in [0, 0.1) is 0 Å². The van der Waals surface area contributed by atoms with Gasteiger partial charge in [0, 0.05) is 11.4 Å². The smallest absolute Gasteiger partial charge is 0.331 e. The average Bonchev–Trinajstić information content (AvgIpc) is 3.20. The van der Waals surface area contributed by atoms with Crippen LogP contribution in [-0.2, 0) is 16.0 Å². The molecular formula is C18H17ClN4O3. The zero-order chi connectivity index (χ0) is 18.2. The van der Waals surface area contributed by atoms with Crippen LogP contribution >= 0.6 is 11.6 Å². The summed E-state index contributed by atoms with van der Waals surface area (Å²) < 4.78 is 12.3. The van der Waals surface area contributed by atoms with Gasteiger partial charge in [0.15, 0.2) is 6.04 Å². The molecule has 3 aromatic rings. The normalized spacial score (nSPS) is 11.7. The number of ether oxygens (including phenoxy) is 2. The van der Waals surface area contributed by atoms with Crippen molar-refractivity contribution in [2.24, 2.45) is 0 Å². The maximum absolute atomic E-state index is 12.5. The lowest BCUT2D eigenvalue weighted by atomic mass is 10.1. The van der Waals surface area contributed by atoms with Crippen molar-refractivity contribution >= 4 is 17.6 Å². The van der Waals surface area contributed by atoms with E-state index in [0.717, 1.165) is 5.56 Å². The van der Waals surface area contributed by atoms with E-state index >= 15 is 0 Å². The van der Waals surface area contributed by atoms with Crippen LogP contribution in [-0.4, -0.2) is 39.4 Å². The minimum Gasteiger partial charge on any atom is -0.490 e. The Morgan fingerprint density at radius 3 is 2.54 bits per heavy atom. The number of aromatic nitrogens is 4. The van der Waals surface area contributed by atoms with Crippen molar-refractivity contribution in [3.05, 3.63) is 71.5 Å². The van der Waals surface area contributed by atoms with Crippen molar-refractivity contribution in [3.8, 4) is 5.75 Å². The van der Waals surface area contributed by atoms with Crippen LogP contribution < -0.4 is 4.74 Å². The summed E-state index contributed by atoms with van der Waals surface area (Å²) in [5, 5.41) is 11.7. The number of tetrazole rings is 1. The Hall–Kier alpha value is -2.93. The first-order chi connectivity index (χ1) is 12.7. The lowest BCUT2D eigenvalue weighted by molar-refractivity contribution is -0.148. The highest BCUT2D eigenvalue weighted by atomic mass is 35.5. The molecule has 0 saturated carbocycles. The number of carbonyl (C=O) groups excluding carboxylic acids is 1. The van der Waals surface area contributed by atoms with Crippen LogP contribution in [0.3, 0.4) is 0 Å². The molecule has 2 aromatic carbocycles. The third-order valence-corrected chi connectivity index (χ3v) is 3.89. The first kappa shape index (κ1) is 17.9. The molecule has 3 rings (SSSR count). The first-order valence-corrected chi connectivity index (χ1v) is 8.41. The molecule has 134 valence electrons. The summed E-state index contributed by atoms with van der Waals surface area (Å²) in [6.45, 7) is 0.357. The molecule has 8 heteroatoms. The van der Waals surface area contributed by atoms with E-state index in [0.29, 0.717) is 17.2 Å². The number of halogens is 1. The lowest BCUT2D eigenvalue weighted by Crippen LogP contribution is -2.26. The monoisotopic (exact) mass is 372 g/mol. The Labute approximate surface area is 155 Å². The summed E-state index contributed by atoms with van der Waals surface area (Å²) in [7, 11) is 0. The fraction of sp³-hybridized carbons (Fsp3) is 0.222. The molecule has 0 fully saturated rings. The molecule has 1 atom stereocenters. The number of rotatable bonds is 8. The molecule has 0 unspecified atom stereocenters. The Morgan fingerprint density at radius 2 is 1.85 bits per heavy atom. The molecule has 0 aliphatic rings. The van der Waals surface area contributed by atoms with Crippen LogP contribution in [0.15, 0.2) is 60.9 Å². The van der Waals surface area contributed by atoms with Crippen LogP contribution in [0.25, 0.3) is 0 Å². The van der Waals surface area contributed by atoms with E-state index in [1.165, 1.54) is 11.0 Å². The topological polar surface area (TPSA) is 79.1 Å². The van der Waals surface area contributed by atoms with Gasteiger partial charge in [-0.1, -0.05) is 41.9 Å². The summed E-state index contributed by atoms with van der Waals surface area (Å²) in [6.07, 6.45) is 1.84. The Bertz CT molecular complexity index is 810. The van der Waals surface area contributed by atoms with E-state index < -0.39 is 12.0 Å². The third kappa shape index (κ3) is 5.03. The second kappa shape index (κ2) is 8.96. The van der Waals surface area contributed by atoms with Gasteiger partial charge in [0.2, 0.25) is 0 Å². The van der Waals surface area contributed by atoms with Gasteiger partial charge in [-0.25, -0.2) is 9.48 Å². The summed E-state index contributed by atoms with van der Waals surface area (Å²) in [4.78, 5) is 12.5. The van der Waals surface area contributed by atoms with Gasteiger partial charge in [-0.05, 0) is 40.3 Å². The Morgan fingerprint density at radius 1 is 1.08 bits per heavy atom. The van der Waals surface area contributed by atoms with Crippen molar-refractivity contribution in [2.45, 2.75) is 12.5 Å². The highest BCUT2D eigenvalue weighted by molar-refractivity contribution is 6.30. The number of nitrogens with zero attached hydrogens (tertiary/aromatic N) is 4. The molecule has 0 bridgehead atoms. The molecule has 0 radical (unpaired) electrons.